The summed E-state index contributed by atoms with van der Waals surface area (Å²) >= 11 is 0. The van der Waals surface area contributed by atoms with Crippen LogP contribution in [-0.2, 0) is 9.59 Å². The summed E-state index contributed by atoms with van der Waals surface area (Å²) in [5.41, 5.74) is 0.559. The van der Waals surface area contributed by atoms with Crippen molar-refractivity contribution in [2.75, 3.05) is 11.9 Å². The number of nitrogens with one attached hydrogen (secondary N) is 2. The van der Waals surface area contributed by atoms with Crippen LogP contribution in [0.25, 0.3) is 0 Å². The molecular weight excluding hydrogens is 337 g/mol. The Morgan fingerprint density at radius 1 is 1.15 bits per heavy atom. The lowest BCUT2D eigenvalue weighted by Gasteiger charge is -2.08. The number of rotatable bonds is 8. The molecule has 0 saturated heterocycles. The average molecular weight is 357 g/mol. The number of nitrogens with zero attached hydrogens (tertiary/aromatic N) is 1. The van der Waals surface area contributed by atoms with Crippen molar-refractivity contribution in [2.45, 2.75) is 25.7 Å². The van der Waals surface area contributed by atoms with Gasteiger partial charge in [-0.25, -0.2) is 9.37 Å². The highest BCUT2D eigenvalue weighted by atomic mass is 19.1. The highest BCUT2D eigenvalue weighted by molar-refractivity contribution is 5.90. The van der Waals surface area contributed by atoms with Gasteiger partial charge in [0, 0.05) is 24.9 Å². The topological polar surface area (TPSA) is 80.3 Å². The second-order valence-corrected chi connectivity index (χ2v) is 6.16. The Morgan fingerprint density at radius 2 is 1.92 bits per heavy atom. The van der Waals surface area contributed by atoms with Gasteiger partial charge >= 0.3 is 0 Å². The molecule has 0 spiro atoms. The Hall–Kier alpha value is -2.96. The van der Waals surface area contributed by atoms with E-state index in [9.17, 15) is 14.0 Å². The van der Waals surface area contributed by atoms with Crippen LogP contribution < -0.4 is 15.4 Å². The van der Waals surface area contributed by atoms with E-state index in [4.69, 9.17) is 4.74 Å². The van der Waals surface area contributed by atoms with Crippen molar-refractivity contribution < 1.29 is 18.7 Å². The van der Waals surface area contributed by atoms with E-state index in [2.05, 4.69) is 15.6 Å². The standard InChI is InChI=1S/C19H20FN3O3/c20-14-5-8-16(9-6-14)26-18-10-7-15(12-22-18)23-17(24)2-1-11-21-19(25)13-3-4-13/h5-10,12-13H,1-4,11H2,(H,21,25)(H,23,24). The number of ether oxygens (including phenoxy) is 1. The molecule has 0 radical (unpaired) electrons. The molecule has 2 amide bonds. The fourth-order valence-corrected chi connectivity index (χ4v) is 2.31. The molecule has 0 bridgehead atoms. The third-order valence-corrected chi connectivity index (χ3v) is 3.88. The molecule has 6 nitrogen and oxygen atoms in total. The van der Waals surface area contributed by atoms with Gasteiger partial charge in [0.05, 0.1) is 11.9 Å². The summed E-state index contributed by atoms with van der Waals surface area (Å²) < 4.78 is 18.3. The number of hydrogen-bond acceptors (Lipinski definition) is 4. The molecular formula is C19H20FN3O3. The number of halogens is 1. The van der Waals surface area contributed by atoms with Crippen molar-refractivity contribution in [2.24, 2.45) is 5.92 Å². The van der Waals surface area contributed by atoms with Gasteiger partial charge < -0.3 is 15.4 Å². The predicted octanol–water partition coefficient (Wildman–Crippen LogP) is 3.26. The second-order valence-electron chi connectivity index (χ2n) is 6.16. The predicted molar refractivity (Wildman–Crippen MR) is 94.3 cm³/mol. The highest BCUT2D eigenvalue weighted by Gasteiger charge is 2.28. The summed E-state index contributed by atoms with van der Waals surface area (Å²) in [4.78, 5) is 27.5. The maximum atomic E-state index is 12.9. The Balaban J connectivity index is 1.39. The van der Waals surface area contributed by atoms with Gasteiger partial charge in [0.15, 0.2) is 0 Å². The molecule has 1 fully saturated rings. The van der Waals surface area contributed by atoms with Gasteiger partial charge in [0.25, 0.3) is 0 Å². The first-order chi connectivity index (χ1) is 12.6. The number of anilines is 1. The Bertz CT molecular complexity index is 759. The van der Waals surface area contributed by atoms with Crippen LogP contribution in [0.3, 0.4) is 0 Å². The summed E-state index contributed by atoms with van der Waals surface area (Å²) in [6.45, 7) is 0.505. The summed E-state index contributed by atoms with van der Waals surface area (Å²) in [5, 5.41) is 5.57. The van der Waals surface area contributed by atoms with Crippen molar-refractivity contribution in [3.63, 3.8) is 0 Å². The monoisotopic (exact) mass is 357 g/mol. The van der Waals surface area contributed by atoms with Gasteiger partial charge in [-0.05, 0) is 49.6 Å². The van der Waals surface area contributed by atoms with Gasteiger partial charge in [-0.3, -0.25) is 9.59 Å². The molecule has 0 unspecified atom stereocenters. The van der Waals surface area contributed by atoms with Crippen LogP contribution in [0.2, 0.25) is 0 Å². The minimum absolute atomic E-state index is 0.0892. The number of amides is 2. The van der Waals surface area contributed by atoms with E-state index in [1.54, 1.807) is 12.1 Å². The molecule has 1 aliphatic carbocycles. The molecule has 1 aliphatic rings. The molecule has 26 heavy (non-hydrogen) atoms. The van der Waals surface area contributed by atoms with Crippen LogP contribution >= 0.6 is 0 Å². The Labute approximate surface area is 150 Å². The smallest absolute Gasteiger partial charge is 0.224 e. The number of aromatic nitrogens is 1. The minimum Gasteiger partial charge on any atom is -0.439 e. The van der Waals surface area contributed by atoms with Gasteiger partial charge in [-0.15, -0.1) is 0 Å². The van der Waals surface area contributed by atoms with Gasteiger partial charge in [-0.1, -0.05) is 0 Å². The van der Waals surface area contributed by atoms with Gasteiger partial charge in [0.2, 0.25) is 17.7 Å². The van der Waals surface area contributed by atoms with Crippen LogP contribution in [0.4, 0.5) is 10.1 Å². The summed E-state index contributed by atoms with van der Waals surface area (Å²) in [5.74, 6) is 0.619. The van der Waals surface area contributed by atoms with Crippen molar-refractivity contribution >= 4 is 17.5 Å². The molecule has 0 aliphatic heterocycles. The van der Waals surface area contributed by atoms with Crippen LogP contribution in [0.5, 0.6) is 11.6 Å². The van der Waals surface area contributed by atoms with Gasteiger partial charge in [0.1, 0.15) is 11.6 Å². The molecule has 0 atom stereocenters. The molecule has 1 saturated carbocycles. The maximum absolute atomic E-state index is 12.9. The zero-order chi connectivity index (χ0) is 18.4. The minimum atomic E-state index is -0.338. The normalized spacial score (nSPS) is 13.1. The number of carbonyl (C=O) groups excluding carboxylic acids is 2. The third kappa shape index (κ3) is 5.54. The number of hydrogen-bond donors (Lipinski definition) is 2. The molecule has 1 aromatic carbocycles. The fourth-order valence-electron chi connectivity index (χ4n) is 2.31. The molecule has 1 aromatic heterocycles. The zero-order valence-corrected chi connectivity index (χ0v) is 14.2. The molecule has 1 heterocycles. The summed E-state index contributed by atoms with van der Waals surface area (Å²) in [6.07, 6.45) is 4.34. The fraction of sp³-hybridized carbons (Fsp3) is 0.316. The largest absolute Gasteiger partial charge is 0.439 e. The summed E-state index contributed by atoms with van der Waals surface area (Å²) in [6, 6.07) is 8.92. The first kappa shape index (κ1) is 17.8. The van der Waals surface area contributed by atoms with E-state index in [0.717, 1.165) is 12.8 Å². The first-order valence-electron chi connectivity index (χ1n) is 8.57. The lowest BCUT2D eigenvalue weighted by atomic mass is 10.2. The quantitative estimate of drug-likeness (QED) is 0.711. The third-order valence-electron chi connectivity index (χ3n) is 3.88. The molecule has 2 aromatic rings. The van der Waals surface area contributed by atoms with Crippen LogP contribution in [0.1, 0.15) is 25.7 Å². The SMILES string of the molecule is O=C(CCCNC(=O)C1CC1)Nc1ccc(Oc2ccc(F)cc2)nc1. The van der Waals surface area contributed by atoms with E-state index >= 15 is 0 Å². The van der Waals surface area contributed by atoms with Crippen LogP contribution in [-0.4, -0.2) is 23.3 Å². The first-order valence-corrected chi connectivity index (χ1v) is 8.57. The highest BCUT2D eigenvalue weighted by Crippen LogP contribution is 2.28. The summed E-state index contributed by atoms with van der Waals surface area (Å²) in [7, 11) is 0. The van der Waals surface area contributed by atoms with E-state index in [-0.39, 0.29) is 23.5 Å². The van der Waals surface area contributed by atoms with Crippen LogP contribution in [0.15, 0.2) is 42.6 Å². The van der Waals surface area contributed by atoms with E-state index < -0.39 is 0 Å². The second kappa shape index (κ2) is 8.42. The van der Waals surface area contributed by atoms with E-state index in [0.29, 0.717) is 36.7 Å². The lowest BCUT2D eigenvalue weighted by Crippen LogP contribution is -2.26. The van der Waals surface area contributed by atoms with Crippen molar-refractivity contribution in [1.82, 2.24) is 10.3 Å². The number of carbonyl (C=O) groups is 2. The zero-order valence-electron chi connectivity index (χ0n) is 14.2. The maximum Gasteiger partial charge on any atom is 0.224 e. The molecule has 3 rings (SSSR count). The molecule has 7 heteroatoms. The number of benzene rings is 1. The van der Waals surface area contributed by atoms with Crippen molar-refractivity contribution in [1.29, 1.82) is 0 Å². The van der Waals surface area contributed by atoms with Crippen molar-refractivity contribution in [3.8, 4) is 11.6 Å². The average Bonchev–Trinajstić information content (AvgIpc) is 3.47. The van der Waals surface area contributed by atoms with Crippen molar-refractivity contribution in [3.05, 3.63) is 48.4 Å². The van der Waals surface area contributed by atoms with E-state index in [1.165, 1.54) is 30.5 Å². The Morgan fingerprint density at radius 3 is 2.58 bits per heavy atom. The number of pyridine rings is 1. The van der Waals surface area contributed by atoms with Gasteiger partial charge in [-0.2, -0.15) is 0 Å². The van der Waals surface area contributed by atoms with E-state index in [1.807, 2.05) is 0 Å². The molecule has 2 N–H and O–H groups in total. The lowest BCUT2D eigenvalue weighted by molar-refractivity contribution is -0.122. The van der Waals surface area contributed by atoms with Crippen LogP contribution in [0, 0.1) is 11.7 Å². The molecule has 136 valence electrons. The Kier molecular flexibility index (Phi) is 5.78.